The molecule has 2 heterocycles. The zero-order valence-corrected chi connectivity index (χ0v) is 10.1. The molecule has 3 N–H and O–H groups in total. The van der Waals surface area contributed by atoms with Crippen molar-refractivity contribution >= 4 is 22.3 Å². The van der Waals surface area contributed by atoms with Crippen LogP contribution in [0, 0.1) is 0 Å². The molecule has 0 atom stereocenters. The van der Waals surface area contributed by atoms with Crippen LogP contribution in [0.4, 0.5) is 5.00 Å². The fourth-order valence-electron chi connectivity index (χ4n) is 1.92. The maximum atomic E-state index is 5.66. The van der Waals surface area contributed by atoms with Crippen LogP contribution in [0.3, 0.4) is 0 Å². The molecule has 0 saturated carbocycles. The predicted octanol–water partition coefficient (Wildman–Crippen LogP) is 2.39. The smallest absolute Gasteiger partial charge is 0.194 e. The highest BCUT2D eigenvalue weighted by Crippen LogP contribution is 2.33. The van der Waals surface area contributed by atoms with Crippen LogP contribution in [0.25, 0.3) is 0 Å². The number of fused-ring (bicyclic) bond motifs is 1. The molecule has 0 unspecified atom stereocenters. The van der Waals surface area contributed by atoms with Gasteiger partial charge in [0.1, 0.15) is 5.00 Å². The highest BCUT2D eigenvalue weighted by molar-refractivity contribution is 7.16. The van der Waals surface area contributed by atoms with Crippen molar-refractivity contribution in [2.24, 2.45) is 10.7 Å². The molecule has 3 rings (SSSR count). The second kappa shape index (κ2) is 4.22. The Morgan fingerprint density at radius 2 is 2.12 bits per heavy atom. The topological polar surface area (TPSA) is 50.4 Å². The Hall–Kier alpha value is -1.81. The fourth-order valence-corrected chi connectivity index (χ4v) is 3.01. The maximum absolute atomic E-state index is 5.66. The lowest BCUT2D eigenvalue weighted by molar-refractivity contribution is 0.888. The third-order valence-corrected chi connectivity index (χ3v) is 3.81. The molecule has 3 nitrogen and oxygen atoms in total. The van der Waals surface area contributed by atoms with E-state index in [0.29, 0.717) is 5.96 Å². The van der Waals surface area contributed by atoms with Gasteiger partial charge in [-0.3, -0.25) is 0 Å². The summed E-state index contributed by atoms with van der Waals surface area (Å²) in [5.41, 5.74) is 8.23. The first-order valence-corrected chi connectivity index (χ1v) is 6.36. The molecule has 4 heteroatoms. The summed E-state index contributed by atoms with van der Waals surface area (Å²) in [5.74, 6) is 0.519. The lowest BCUT2D eigenvalue weighted by atomic mass is 10.1. The van der Waals surface area contributed by atoms with Gasteiger partial charge in [0.25, 0.3) is 0 Å². The average molecular weight is 243 g/mol. The Balaban J connectivity index is 1.86. The van der Waals surface area contributed by atoms with E-state index in [9.17, 15) is 0 Å². The van der Waals surface area contributed by atoms with Gasteiger partial charge in [0.2, 0.25) is 0 Å². The number of nitrogens with two attached hydrogens (primary N) is 1. The summed E-state index contributed by atoms with van der Waals surface area (Å²) in [5, 5.41) is 4.10. The highest BCUT2D eigenvalue weighted by Gasteiger charge is 2.13. The van der Waals surface area contributed by atoms with Crippen LogP contribution in [0.2, 0.25) is 0 Å². The Kier molecular flexibility index (Phi) is 2.57. The number of thiophene rings is 1. The second-order valence-electron chi connectivity index (χ2n) is 4.06. The molecule has 0 fully saturated rings. The van der Waals surface area contributed by atoms with E-state index in [1.807, 2.05) is 6.07 Å². The van der Waals surface area contributed by atoms with Gasteiger partial charge in [0.15, 0.2) is 5.96 Å². The maximum Gasteiger partial charge on any atom is 0.194 e. The second-order valence-corrected chi connectivity index (χ2v) is 5.17. The first kappa shape index (κ1) is 10.4. The molecule has 0 radical (unpaired) electrons. The van der Waals surface area contributed by atoms with Gasteiger partial charge in [-0.15, -0.1) is 11.3 Å². The van der Waals surface area contributed by atoms with Gasteiger partial charge in [-0.1, -0.05) is 30.3 Å². The van der Waals surface area contributed by atoms with Crippen LogP contribution in [0.1, 0.15) is 16.0 Å². The molecular weight excluding hydrogens is 230 g/mol. The number of rotatable bonds is 2. The van der Waals surface area contributed by atoms with Gasteiger partial charge in [0, 0.05) is 23.4 Å². The van der Waals surface area contributed by atoms with Crippen LogP contribution < -0.4 is 11.1 Å². The van der Waals surface area contributed by atoms with Crippen molar-refractivity contribution in [2.75, 3.05) is 0 Å². The summed E-state index contributed by atoms with van der Waals surface area (Å²) in [6.07, 6.45) is 0.966. The van der Waals surface area contributed by atoms with Crippen LogP contribution in [-0.2, 0) is 13.0 Å². The van der Waals surface area contributed by atoms with Crippen LogP contribution in [0.15, 0.2) is 41.4 Å². The lowest BCUT2D eigenvalue weighted by Gasteiger charge is -2.09. The van der Waals surface area contributed by atoms with Crippen molar-refractivity contribution in [3.63, 3.8) is 0 Å². The van der Waals surface area contributed by atoms with E-state index < -0.39 is 0 Å². The zero-order chi connectivity index (χ0) is 11.7. The minimum absolute atomic E-state index is 0.519. The SMILES string of the molecule is NC1=Nc2sc(Cc3ccccc3)cc2CN1. The van der Waals surface area contributed by atoms with E-state index in [1.165, 1.54) is 16.0 Å². The number of hydrogen-bond acceptors (Lipinski definition) is 4. The zero-order valence-electron chi connectivity index (χ0n) is 9.31. The number of guanidine groups is 1. The number of nitrogens with one attached hydrogen (secondary N) is 1. The largest absolute Gasteiger partial charge is 0.370 e. The first-order valence-electron chi connectivity index (χ1n) is 5.55. The minimum Gasteiger partial charge on any atom is -0.370 e. The van der Waals surface area contributed by atoms with E-state index in [0.717, 1.165) is 18.0 Å². The van der Waals surface area contributed by atoms with Gasteiger partial charge in [-0.25, -0.2) is 4.99 Å². The molecule has 0 spiro atoms. The van der Waals surface area contributed by atoms with E-state index in [1.54, 1.807) is 11.3 Å². The van der Waals surface area contributed by atoms with Crippen molar-refractivity contribution in [3.05, 3.63) is 52.4 Å². The number of nitrogens with zero attached hydrogens (tertiary/aromatic N) is 1. The summed E-state index contributed by atoms with van der Waals surface area (Å²) in [6.45, 7) is 0.788. The fraction of sp³-hybridized carbons (Fsp3) is 0.154. The van der Waals surface area contributed by atoms with Crippen molar-refractivity contribution in [1.29, 1.82) is 0 Å². The summed E-state index contributed by atoms with van der Waals surface area (Å²) >= 11 is 1.73. The minimum atomic E-state index is 0.519. The summed E-state index contributed by atoms with van der Waals surface area (Å²) < 4.78 is 0. The van der Waals surface area contributed by atoms with E-state index in [2.05, 4.69) is 40.6 Å². The third-order valence-electron chi connectivity index (χ3n) is 2.74. The normalized spacial score (nSPS) is 13.8. The quantitative estimate of drug-likeness (QED) is 0.851. The molecule has 1 aliphatic heterocycles. The summed E-state index contributed by atoms with van der Waals surface area (Å²) in [7, 11) is 0. The molecule has 17 heavy (non-hydrogen) atoms. The van der Waals surface area contributed by atoms with Crippen molar-refractivity contribution in [3.8, 4) is 0 Å². The van der Waals surface area contributed by atoms with Crippen molar-refractivity contribution in [1.82, 2.24) is 5.32 Å². The number of hydrogen-bond donors (Lipinski definition) is 2. The molecule has 0 aliphatic carbocycles. The van der Waals surface area contributed by atoms with Gasteiger partial charge in [-0.2, -0.15) is 0 Å². The van der Waals surface area contributed by atoms with Crippen LogP contribution >= 0.6 is 11.3 Å². The molecule has 1 aliphatic rings. The molecular formula is C13H13N3S. The highest BCUT2D eigenvalue weighted by atomic mass is 32.1. The number of benzene rings is 1. The third kappa shape index (κ3) is 2.17. The molecule has 2 aromatic rings. The Morgan fingerprint density at radius 3 is 2.94 bits per heavy atom. The predicted molar refractivity (Wildman–Crippen MR) is 71.7 cm³/mol. The first-order chi connectivity index (χ1) is 8.31. The molecule has 1 aromatic heterocycles. The van der Waals surface area contributed by atoms with Crippen LogP contribution in [-0.4, -0.2) is 5.96 Å². The Labute approximate surface area is 104 Å². The molecule has 0 amide bonds. The molecule has 0 bridgehead atoms. The van der Waals surface area contributed by atoms with Gasteiger partial charge in [-0.05, 0) is 11.6 Å². The summed E-state index contributed by atoms with van der Waals surface area (Å²) in [4.78, 5) is 5.64. The Morgan fingerprint density at radius 1 is 1.29 bits per heavy atom. The van der Waals surface area contributed by atoms with Gasteiger partial charge in [0.05, 0.1) is 0 Å². The standard InChI is InChI=1S/C13H13N3S/c14-13-15-8-10-7-11(17-12(10)16-13)6-9-4-2-1-3-5-9/h1-5,7H,6,8H2,(H3,14,15,16). The van der Waals surface area contributed by atoms with Crippen LogP contribution in [0.5, 0.6) is 0 Å². The van der Waals surface area contributed by atoms with Gasteiger partial charge >= 0.3 is 0 Å². The monoisotopic (exact) mass is 243 g/mol. The van der Waals surface area contributed by atoms with E-state index in [-0.39, 0.29) is 0 Å². The molecule has 0 saturated heterocycles. The number of aliphatic imine (C=N–C) groups is 1. The van der Waals surface area contributed by atoms with Crippen molar-refractivity contribution in [2.45, 2.75) is 13.0 Å². The summed E-state index contributed by atoms with van der Waals surface area (Å²) in [6, 6.07) is 12.7. The van der Waals surface area contributed by atoms with Crippen molar-refractivity contribution < 1.29 is 0 Å². The van der Waals surface area contributed by atoms with E-state index >= 15 is 0 Å². The Bertz CT molecular complexity index is 557. The average Bonchev–Trinajstić information content (AvgIpc) is 2.71. The molecule has 1 aromatic carbocycles. The van der Waals surface area contributed by atoms with E-state index in [4.69, 9.17) is 5.73 Å². The van der Waals surface area contributed by atoms with Gasteiger partial charge < -0.3 is 11.1 Å². The lowest BCUT2D eigenvalue weighted by Crippen LogP contribution is -2.32. The molecule has 86 valence electrons.